The highest BCUT2D eigenvalue weighted by molar-refractivity contribution is 5.23. The van der Waals surface area contributed by atoms with Crippen LogP contribution in [0.5, 0.6) is 0 Å². The largest absolute Gasteiger partial charge is 0.255 e. The van der Waals surface area contributed by atoms with Gasteiger partial charge in [0.1, 0.15) is 0 Å². The molecule has 1 saturated heterocycles. The van der Waals surface area contributed by atoms with Crippen molar-refractivity contribution in [3.05, 3.63) is 35.9 Å². The van der Waals surface area contributed by atoms with Gasteiger partial charge in [-0.25, -0.2) is 5.01 Å². The van der Waals surface area contributed by atoms with Crippen molar-refractivity contribution in [2.75, 3.05) is 13.1 Å². The maximum absolute atomic E-state index is 3.30. The van der Waals surface area contributed by atoms with E-state index in [1.165, 1.54) is 5.56 Å². The van der Waals surface area contributed by atoms with Crippen LogP contribution in [0.3, 0.4) is 0 Å². The molecule has 2 heteroatoms. The van der Waals surface area contributed by atoms with Gasteiger partial charge >= 0.3 is 0 Å². The number of rotatable bonds is 3. The molecule has 1 fully saturated rings. The van der Waals surface area contributed by atoms with Gasteiger partial charge in [0.15, 0.2) is 0 Å². The molecule has 1 N–H and O–H groups in total. The second-order valence-corrected chi connectivity index (χ2v) is 3.09. The molecule has 0 aliphatic carbocycles. The lowest BCUT2D eigenvalue weighted by atomic mass is 10.2. The first kappa shape index (κ1) is 7.77. The molecule has 1 heterocycles. The lowest BCUT2D eigenvalue weighted by Gasteiger charge is -2.02. The van der Waals surface area contributed by atoms with Crippen LogP contribution >= 0.6 is 0 Å². The van der Waals surface area contributed by atoms with Gasteiger partial charge in [-0.2, -0.15) is 0 Å². The Balaban J connectivity index is 1.97. The Labute approximate surface area is 73.2 Å². The standard InChI is InChI=1S/C10H14N2/c1-2-11-12-8-10(12)9-6-4-3-5-7-9/h3-7,10-11H,2,8H2,1H3. The molecule has 0 bridgehead atoms. The maximum atomic E-state index is 3.30. The van der Waals surface area contributed by atoms with Crippen LogP contribution in [0, 0.1) is 0 Å². The third-order valence-corrected chi connectivity index (χ3v) is 2.16. The summed E-state index contributed by atoms with van der Waals surface area (Å²) in [4.78, 5) is 0. The summed E-state index contributed by atoms with van der Waals surface area (Å²) in [6.45, 7) is 4.29. The first-order valence-electron chi connectivity index (χ1n) is 4.47. The average Bonchev–Trinajstić information content (AvgIpc) is 2.87. The molecule has 2 nitrogen and oxygen atoms in total. The minimum Gasteiger partial charge on any atom is -0.255 e. The van der Waals surface area contributed by atoms with Crippen molar-refractivity contribution in [1.29, 1.82) is 0 Å². The molecule has 0 amide bonds. The third kappa shape index (κ3) is 1.49. The van der Waals surface area contributed by atoms with Crippen molar-refractivity contribution in [3.8, 4) is 0 Å². The Bertz CT molecular complexity index is 245. The van der Waals surface area contributed by atoms with E-state index in [0.29, 0.717) is 6.04 Å². The number of nitrogens with one attached hydrogen (secondary N) is 1. The summed E-state index contributed by atoms with van der Waals surface area (Å²) in [6, 6.07) is 11.2. The molecular weight excluding hydrogens is 148 g/mol. The summed E-state index contributed by atoms with van der Waals surface area (Å²) in [7, 11) is 0. The summed E-state index contributed by atoms with van der Waals surface area (Å²) >= 11 is 0. The number of benzene rings is 1. The van der Waals surface area contributed by atoms with Gasteiger partial charge in [0.05, 0.1) is 6.04 Å². The smallest absolute Gasteiger partial charge is 0.0635 e. The monoisotopic (exact) mass is 162 g/mol. The molecule has 0 radical (unpaired) electrons. The van der Waals surface area contributed by atoms with Crippen molar-refractivity contribution in [3.63, 3.8) is 0 Å². The van der Waals surface area contributed by atoms with Gasteiger partial charge in [0, 0.05) is 13.1 Å². The van der Waals surface area contributed by atoms with Gasteiger partial charge in [-0.15, -0.1) is 0 Å². The van der Waals surface area contributed by atoms with Crippen LogP contribution in [0.2, 0.25) is 0 Å². The normalized spacial score (nSPS) is 27.1. The zero-order chi connectivity index (χ0) is 8.39. The zero-order valence-electron chi connectivity index (χ0n) is 7.33. The van der Waals surface area contributed by atoms with Crippen molar-refractivity contribution < 1.29 is 0 Å². The van der Waals surface area contributed by atoms with Crippen LogP contribution in [0.25, 0.3) is 0 Å². The molecule has 0 saturated carbocycles. The molecule has 2 rings (SSSR count). The predicted octanol–water partition coefficient (Wildman–Crippen LogP) is 1.57. The fourth-order valence-electron chi connectivity index (χ4n) is 1.48. The molecule has 64 valence electrons. The quantitative estimate of drug-likeness (QED) is 0.678. The topological polar surface area (TPSA) is 15.0 Å². The molecule has 0 aromatic heterocycles. The summed E-state index contributed by atoms with van der Waals surface area (Å²) in [5, 5.41) is 2.26. The van der Waals surface area contributed by atoms with E-state index in [9.17, 15) is 0 Å². The lowest BCUT2D eigenvalue weighted by Crippen LogP contribution is -2.20. The molecule has 2 unspecified atom stereocenters. The van der Waals surface area contributed by atoms with Crippen molar-refractivity contribution in [2.24, 2.45) is 0 Å². The Morgan fingerprint density at radius 2 is 2.17 bits per heavy atom. The highest BCUT2D eigenvalue weighted by atomic mass is 15.6. The molecular formula is C10H14N2. The van der Waals surface area contributed by atoms with Crippen LogP contribution in [0.15, 0.2) is 30.3 Å². The van der Waals surface area contributed by atoms with E-state index in [2.05, 4.69) is 47.7 Å². The zero-order valence-corrected chi connectivity index (χ0v) is 7.33. The van der Waals surface area contributed by atoms with Crippen LogP contribution < -0.4 is 5.43 Å². The number of hydrazine groups is 1. The van der Waals surface area contributed by atoms with Gasteiger partial charge in [0.25, 0.3) is 0 Å². The fraction of sp³-hybridized carbons (Fsp3) is 0.400. The third-order valence-electron chi connectivity index (χ3n) is 2.16. The Morgan fingerprint density at radius 1 is 1.42 bits per heavy atom. The summed E-state index contributed by atoms with van der Waals surface area (Å²) in [5.74, 6) is 0. The van der Waals surface area contributed by atoms with Crippen molar-refractivity contribution in [1.82, 2.24) is 10.4 Å². The summed E-state index contributed by atoms with van der Waals surface area (Å²) in [5.41, 5.74) is 4.72. The Kier molecular flexibility index (Phi) is 2.11. The number of hydrogen-bond donors (Lipinski definition) is 1. The van der Waals surface area contributed by atoms with Gasteiger partial charge in [0.2, 0.25) is 0 Å². The molecule has 1 aromatic carbocycles. The van der Waals surface area contributed by atoms with E-state index in [1.807, 2.05) is 0 Å². The van der Waals surface area contributed by atoms with Crippen LogP contribution in [-0.2, 0) is 0 Å². The van der Waals surface area contributed by atoms with Crippen LogP contribution in [-0.4, -0.2) is 18.1 Å². The first-order chi connectivity index (χ1) is 5.92. The van der Waals surface area contributed by atoms with Gasteiger partial charge < -0.3 is 0 Å². The summed E-state index contributed by atoms with van der Waals surface area (Å²) in [6.07, 6.45) is 0. The van der Waals surface area contributed by atoms with E-state index in [1.54, 1.807) is 0 Å². The van der Waals surface area contributed by atoms with Gasteiger partial charge in [-0.1, -0.05) is 37.3 Å². The van der Waals surface area contributed by atoms with Gasteiger partial charge in [-0.3, -0.25) is 5.43 Å². The lowest BCUT2D eigenvalue weighted by molar-refractivity contribution is 0.385. The molecule has 1 aromatic rings. The first-order valence-corrected chi connectivity index (χ1v) is 4.47. The van der Waals surface area contributed by atoms with Crippen molar-refractivity contribution in [2.45, 2.75) is 13.0 Å². The van der Waals surface area contributed by atoms with Crippen molar-refractivity contribution >= 4 is 0 Å². The number of nitrogens with zero attached hydrogens (tertiary/aromatic N) is 1. The fourth-order valence-corrected chi connectivity index (χ4v) is 1.48. The SMILES string of the molecule is CCNN1CC1c1ccccc1. The maximum Gasteiger partial charge on any atom is 0.0635 e. The Morgan fingerprint density at radius 3 is 2.83 bits per heavy atom. The highest BCUT2D eigenvalue weighted by Crippen LogP contribution is 2.31. The number of hydrogen-bond acceptors (Lipinski definition) is 2. The second-order valence-electron chi connectivity index (χ2n) is 3.09. The highest BCUT2D eigenvalue weighted by Gasteiger charge is 2.34. The summed E-state index contributed by atoms with van der Waals surface area (Å²) < 4.78 is 0. The minimum absolute atomic E-state index is 0.617. The molecule has 12 heavy (non-hydrogen) atoms. The van der Waals surface area contributed by atoms with E-state index in [4.69, 9.17) is 0 Å². The van der Waals surface area contributed by atoms with E-state index in [0.717, 1.165) is 13.1 Å². The van der Waals surface area contributed by atoms with E-state index in [-0.39, 0.29) is 0 Å². The molecule has 1 aliphatic heterocycles. The molecule has 0 spiro atoms. The van der Waals surface area contributed by atoms with E-state index < -0.39 is 0 Å². The van der Waals surface area contributed by atoms with Gasteiger partial charge in [-0.05, 0) is 5.56 Å². The molecule has 1 aliphatic rings. The van der Waals surface area contributed by atoms with E-state index >= 15 is 0 Å². The minimum atomic E-state index is 0.617. The Hall–Kier alpha value is -0.860. The predicted molar refractivity (Wildman–Crippen MR) is 49.6 cm³/mol. The second kappa shape index (κ2) is 3.25. The average molecular weight is 162 g/mol. The van der Waals surface area contributed by atoms with Crippen LogP contribution in [0.1, 0.15) is 18.5 Å². The molecule has 2 atom stereocenters. The van der Waals surface area contributed by atoms with Crippen LogP contribution in [0.4, 0.5) is 0 Å².